The molecule has 0 radical (unpaired) electrons. The third kappa shape index (κ3) is 3.28. The van der Waals surface area contributed by atoms with Crippen molar-refractivity contribution >= 4 is 28.8 Å². The molecule has 0 aliphatic rings. The molecule has 0 saturated heterocycles. The summed E-state index contributed by atoms with van der Waals surface area (Å²) in [4.78, 5) is 11.3. The van der Waals surface area contributed by atoms with Gasteiger partial charge >= 0.3 is 0 Å². The van der Waals surface area contributed by atoms with Crippen molar-refractivity contribution < 1.29 is 4.79 Å². The summed E-state index contributed by atoms with van der Waals surface area (Å²) in [7, 11) is 0. The van der Waals surface area contributed by atoms with Crippen molar-refractivity contribution in [3.05, 3.63) is 9.47 Å². The van der Waals surface area contributed by atoms with E-state index < -0.39 is 0 Å². The van der Waals surface area contributed by atoms with Crippen LogP contribution in [0.5, 0.6) is 0 Å². The van der Waals surface area contributed by atoms with Crippen molar-refractivity contribution in [1.82, 2.24) is 15.5 Å². The zero-order valence-corrected chi connectivity index (χ0v) is 8.73. The highest BCUT2D eigenvalue weighted by Gasteiger charge is 2.10. The molecule has 5 nitrogen and oxygen atoms in total. The van der Waals surface area contributed by atoms with Gasteiger partial charge in [-0.15, -0.1) is 10.2 Å². The van der Waals surface area contributed by atoms with E-state index in [0.29, 0.717) is 19.4 Å². The van der Waals surface area contributed by atoms with Gasteiger partial charge in [0.25, 0.3) is 5.91 Å². The van der Waals surface area contributed by atoms with E-state index in [-0.39, 0.29) is 15.4 Å². The Balaban J connectivity index is 2.33. The second-order valence-electron chi connectivity index (χ2n) is 2.38. The van der Waals surface area contributed by atoms with Crippen molar-refractivity contribution in [2.45, 2.75) is 12.8 Å². The topological polar surface area (TPSA) is 78.7 Å². The van der Waals surface area contributed by atoms with Gasteiger partial charge in [-0.25, -0.2) is 0 Å². The van der Waals surface area contributed by atoms with E-state index in [2.05, 4.69) is 15.5 Å². The Morgan fingerprint density at radius 3 is 3.00 bits per heavy atom. The predicted octanol–water partition coefficient (Wildman–Crippen LogP) is 1.23. The zero-order chi connectivity index (χ0) is 10.4. The van der Waals surface area contributed by atoms with Gasteiger partial charge in [0, 0.05) is 13.0 Å². The van der Waals surface area contributed by atoms with Crippen molar-refractivity contribution in [2.24, 2.45) is 0 Å². The number of aromatic nitrogens is 2. The van der Waals surface area contributed by atoms with Crippen LogP contribution >= 0.6 is 22.9 Å². The number of nitrogens with zero attached hydrogens (tertiary/aromatic N) is 3. The molecule has 1 aromatic rings. The Morgan fingerprint density at radius 2 is 2.43 bits per heavy atom. The molecule has 14 heavy (non-hydrogen) atoms. The number of hydrogen-bond donors (Lipinski definition) is 1. The quantitative estimate of drug-likeness (QED) is 0.789. The van der Waals surface area contributed by atoms with Crippen LogP contribution in [0.25, 0.3) is 0 Å². The van der Waals surface area contributed by atoms with Gasteiger partial charge in [0.15, 0.2) is 0 Å². The Kier molecular flexibility index (Phi) is 4.29. The monoisotopic (exact) mass is 230 g/mol. The number of halogens is 1. The van der Waals surface area contributed by atoms with E-state index in [9.17, 15) is 4.79 Å². The molecule has 0 unspecified atom stereocenters. The Labute approximate surface area is 89.7 Å². The summed E-state index contributed by atoms with van der Waals surface area (Å²) in [6.45, 7) is 0.462. The molecule has 0 atom stereocenters. The summed E-state index contributed by atoms with van der Waals surface area (Å²) in [5.41, 5.74) is 0. The Hall–Kier alpha value is -1.19. The summed E-state index contributed by atoms with van der Waals surface area (Å²) in [5, 5.41) is 18.2. The van der Waals surface area contributed by atoms with E-state index in [1.807, 2.05) is 6.07 Å². The van der Waals surface area contributed by atoms with E-state index in [1.165, 1.54) is 0 Å². The fraction of sp³-hybridized carbons (Fsp3) is 0.429. The molecule has 1 amide bonds. The first-order valence-corrected chi connectivity index (χ1v) is 5.07. The average molecular weight is 231 g/mol. The van der Waals surface area contributed by atoms with Crippen LogP contribution in [-0.4, -0.2) is 22.6 Å². The fourth-order valence-electron chi connectivity index (χ4n) is 0.742. The number of carbonyl (C=O) groups is 1. The van der Waals surface area contributed by atoms with Crippen LogP contribution in [0, 0.1) is 11.3 Å². The maximum atomic E-state index is 11.3. The van der Waals surface area contributed by atoms with Gasteiger partial charge in [0.05, 0.1) is 6.07 Å². The zero-order valence-electron chi connectivity index (χ0n) is 7.16. The van der Waals surface area contributed by atoms with Gasteiger partial charge in [-0.05, 0) is 18.0 Å². The summed E-state index contributed by atoms with van der Waals surface area (Å²) < 4.78 is 0.243. The average Bonchev–Trinajstić information content (AvgIpc) is 2.59. The van der Waals surface area contributed by atoms with Gasteiger partial charge in [-0.3, -0.25) is 4.79 Å². The largest absolute Gasteiger partial charge is 0.350 e. The molecular weight excluding hydrogens is 224 g/mol. The lowest BCUT2D eigenvalue weighted by Crippen LogP contribution is -2.24. The molecule has 74 valence electrons. The number of nitrogens with one attached hydrogen (secondary N) is 1. The molecule has 0 spiro atoms. The van der Waals surface area contributed by atoms with Crippen LogP contribution in [0.4, 0.5) is 0 Å². The minimum absolute atomic E-state index is 0.243. The van der Waals surface area contributed by atoms with Crippen LogP contribution in [0.1, 0.15) is 22.6 Å². The first-order valence-electron chi connectivity index (χ1n) is 3.88. The Bertz CT molecular complexity index is 359. The third-order valence-corrected chi connectivity index (χ3v) is 2.36. The molecule has 0 aliphatic carbocycles. The molecule has 7 heteroatoms. The second kappa shape index (κ2) is 5.52. The van der Waals surface area contributed by atoms with Crippen molar-refractivity contribution in [3.8, 4) is 6.07 Å². The molecular formula is C7H7ClN4OS. The fourth-order valence-corrected chi connectivity index (χ4v) is 1.49. The molecule has 0 saturated carbocycles. The molecule has 1 N–H and O–H groups in total. The molecule has 1 aromatic heterocycles. The van der Waals surface area contributed by atoms with E-state index in [0.717, 1.165) is 11.3 Å². The molecule has 0 aromatic carbocycles. The van der Waals surface area contributed by atoms with Crippen LogP contribution in [-0.2, 0) is 0 Å². The number of nitriles is 1. The molecule has 0 bridgehead atoms. The SMILES string of the molecule is N#CCCCNC(=O)c1nnc(Cl)s1. The smallest absolute Gasteiger partial charge is 0.282 e. The normalized spacial score (nSPS) is 9.43. The first kappa shape index (κ1) is 10.9. The van der Waals surface area contributed by atoms with Gasteiger partial charge in [-0.1, -0.05) is 11.3 Å². The maximum absolute atomic E-state index is 11.3. The van der Waals surface area contributed by atoms with Crippen LogP contribution in [0.3, 0.4) is 0 Å². The molecule has 1 rings (SSSR count). The number of carbonyl (C=O) groups excluding carboxylic acids is 1. The number of amides is 1. The van der Waals surface area contributed by atoms with Gasteiger partial charge in [0.2, 0.25) is 9.47 Å². The summed E-state index contributed by atoms with van der Waals surface area (Å²) >= 11 is 6.54. The van der Waals surface area contributed by atoms with Crippen LogP contribution < -0.4 is 5.32 Å². The van der Waals surface area contributed by atoms with E-state index >= 15 is 0 Å². The minimum Gasteiger partial charge on any atom is -0.350 e. The lowest BCUT2D eigenvalue weighted by molar-refractivity contribution is 0.0952. The minimum atomic E-state index is -0.299. The van der Waals surface area contributed by atoms with Crippen LogP contribution in [0.15, 0.2) is 0 Å². The van der Waals surface area contributed by atoms with Crippen molar-refractivity contribution in [1.29, 1.82) is 5.26 Å². The van der Waals surface area contributed by atoms with Gasteiger partial charge in [0.1, 0.15) is 0 Å². The first-order chi connectivity index (χ1) is 6.74. The molecule has 0 aliphatic heterocycles. The van der Waals surface area contributed by atoms with Crippen molar-refractivity contribution in [3.63, 3.8) is 0 Å². The van der Waals surface area contributed by atoms with Gasteiger partial charge < -0.3 is 5.32 Å². The Morgan fingerprint density at radius 1 is 1.64 bits per heavy atom. The van der Waals surface area contributed by atoms with E-state index in [1.54, 1.807) is 0 Å². The molecule has 0 fully saturated rings. The van der Waals surface area contributed by atoms with Crippen molar-refractivity contribution in [2.75, 3.05) is 6.54 Å². The van der Waals surface area contributed by atoms with Gasteiger partial charge in [-0.2, -0.15) is 5.26 Å². The second-order valence-corrected chi connectivity index (χ2v) is 3.94. The number of hydrogen-bond acceptors (Lipinski definition) is 5. The van der Waals surface area contributed by atoms with E-state index in [4.69, 9.17) is 16.9 Å². The maximum Gasteiger partial charge on any atom is 0.282 e. The standard InChI is InChI=1S/C7H7ClN4OS/c8-7-12-11-6(14-7)5(13)10-4-2-1-3-9/h1-2,4H2,(H,10,13). The highest BCUT2D eigenvalue weighted by atomic mass is 35.5. The lowest BCUT2D eigenvalue weighted by Gasteiger charge is -1.98. The lowest BCUT2D eigenvalue weighted by atomic mass is 10.3. The number of rotatable bonds is 4. The summed E-state index contributed by atoms with van der Waals surface area (Å²) in [6.07, 6.45) is 1.06. The highest BCUT2D eigenvalue weighted by Crippen LogP contribution is 2.14. The highest BCUT2D eigenvalue weighted by molar-refractivity contribution is 7.17. The number of unbranched alkanes of at least 4 members (excludes halogenated alkanes) is 1. The summed E-state index contributed by atoms with van der Waals surface area (Å²) in [5.74, 6) is -0.299. The predicted molar refractivity (Wildman–Crippen MR) is 52.1 cm³/mol. The summed E-state index contributed by atoms with van der Waals surface area (Å²) in [6, 6.07) is 1.99. The molecule has 1 heterocycles. The third-order valence-electron chi connectivity index (χ3n) is 1.35. The van der Waals surface area contributed by atoms with Crippen LogP contribution in [0.2, 0.25) is 4.47 Å².